The highest BCUT2D eigenvalue weighted by Gasteiger charge is 2.16. The van der Waals surface area contributed by atoms with Crippen LogP contribution < -0.4 is 15.8 Å². The summed E-state index contributed by atoms with van der Waals surface area (Å²) in [6.07, 6.45) is 2.10. The number of rotatable bonds is 6. The topological polar surface area (TPSA) is 47.3 Å². The Morgan fingerprint density at radius 2 is 2.22 bits per heavy atom. The Labute approximate surface area is 110 Å². The molecular weight excluding hydrogens is 224 g/mol. The van der Waals surface area contributed by atoms with Gasteiger partial charge in [-0.25, -0.2) is 0 Å². The molecular formula is C15H24N2O. The molecule has 0 amide bonds. The molecule has 0 fully saturated rings. The van der Waals surface area contributed by atoms with Gasteiger partial charge in [-0.15, -0.1) is 0 Å². The van der Waals surface area contributed by atoms with Crippen LogP contribution in [-0.2, 0) is 13.0 Å². The highest BCUT2D eigenvalue weighted by molar-refractivity contribution is 5.39. The number of hydrogen-bond donors (Lipinski definition) is 2. The number of ether oxygens (including phenoxy) is 1. The molecule has 1 aliphatic rings. The fraction of sp³-hybridized carbons (Fsp3) is 0.600. The van der Waals surface area contributed by atoms with Crippen molar-refractivity contribution in [2.75, 3.05) is 19.7 Å². The van der Waals surface area contributed by atoms with Crippen molar-refractivity contribution in [1.82, 2.24) is 5.32 Å². The monoisotopic (exact) mass is 248 g/mol. The molecule has 100 valence electrons. The van der Waals surface area contributed by atoms with E-state index in [1.165, 1.54) is 11.1 Å². The number of benzene rings is 1. The highest BCUT2D eigenvalue weighted by atomic mass is 16.5. The third-order valence-electron chi connectivity index (χ3n) is 3.51. The second-order valence-electron chi connectivity index (χ2n) is 5.85. The molecule has 1 aromatic carbocycles. The minimum atomic E-state index is 0.272. The number of hydrogen-bond acceptors (Lipinski definition) is 3. The number of fused-ring (bicyclic) bond motifs is 1. The van der Waals surface area contributed by atoms with Crippen LogP contribution in [0.5, 0.6) is 5.75 Å². The first-order chi connectivity index (χ1) is 8.61. The molecule has 0 atom stereocenters. The second-order valence-corrected chi connectivity index (χ2v) is 5.85. The van der Waals surface area contributed by atoms with Crippen molar-refractivity contribution in [2.24, 2.45) is 11.1 Å². The molecule has 1 aromatic rings. The third kappa shape index (κ3) is 3.47. The SMILES string of the molecule is CC(C)(CCN)CNCc1ccc2c(c1)CCO2. The Morgan fingerprint density at radius 1 is 1.39 bits per heavy atom. The van der Waals surface area contributed by atoms with Crippen LogP contribution in [0.1, 0.15) is 31.4 Å². The van der Waals surface area contributed by atoms with Gasteiger partial charge in [-0.1, -0.05) is 26.0 Å². The van der Waals surface area contributed by atoms with Gasteiger partial charge in [0, 0.05) is 19.5 Å². The van der Waals surface area contributed by atoms with Crippen LogP contribution in [-0.4, -0.2) is 19.7 Å². The lowest BCUT2D eigenvalue weighted by Gasteiger charge is -2.24. The summed E-state index contributed by atoms with van der Waals surface area (Å²) in [7, 11) is 0. The number of nitrogens with one attached hydrogen (secondary N) is 1. The predicted molar refractivity (Wildman–Crippen MR) is 74.8 cm³/mol. The summed E-state index contributed by atoms with van der Waals surface area (Å²) >= 11 is 0. The van der Waals surface area contributed by atoms with Crippen molar-refractivity contribution < 1.29 is 4.74 Å². The van der Waals surface area contributed by atoms with Crippen molar-refractivity contribution in [3.8, 4) is 5.75 Å². The Bertz CT molecular complexity index is 401. The molecule has 0 saturated carbocycles. The average Bonchev–Trinajstić information content (AvgIpc) is 2.75. The summed E-state index contributed by atoms with van der Waals surface area (Å²) in [6, 6.07) is 6.49. The van der Waals surface area contributed by atoms with Gasteiger partial charge in [-0.3, -0.25) is 0 Å². The molecule has 0 spiro atoms. The van der Waals surface area contributed by atoms with Crippen LogP contribution in [0.4, 0.5) is 0 Å². The average molecular weight is 248 g/mol. The first-order valence-electron chi connectivity index (χ1n) is 6.76. The molecule has 1 aliphatic heterocycles. The van der Waals surface area contributed by atoms with Crippen LogP contribution >= 0.6 is 0 Å². The van der Waals surface area contributed by atoms with Gasteiger partial charge in [0.05, 0.1) is 6.61 Å². The predicted octanol–water partition coefficient (Wildman–Crippen LogP) is 2.09. The fourth-order valence-corrected chi connectivity index (χ4v) is 2.37. The maximum absolute atomic E-state index is 5.62. The Balaban J connectivity index is 1.84. The molecule has 0 aliphatic carbocycles. The lowest BCUT2D eigenvalue weighted by molar-refractivity contribution is 0.319. The Kier molecular flexibility index (Phi) is 4.25. The molecule has 0 radical (unpaired) electrons. The molecule has 0 unspecified atom stereocenters. The van der Waals surface area contributed by atoms with Crippen LogP contribution in [0.25, 0.3) is 0 Å². The largest absolute Gasteiger partial charge is 0.493 e. The van der Waals surface area contributed by atoms with E-state index < -0.39 is 0 Å². The van der Waals surface area contributed by atoms with Crippen molar-refractivity contribution >= 4 is 0 Å². The van der Waals surface area contributed by atoms with E-state index in [1.54, 1.807) is 0 Å². The van der Waals surface area contributed by atoms with Gasteiger partial charge in [0.15, 0.2) is 0 Å². The molecule has 1 heterocycles. The first kappa shape index (κ1) is 13.4. The Morgan fingerprint density at radius 3 is 3.00 bits per heavy atom. The van der Waals surface area contributed by atoms with E-state index in [2.05, 4.69) is 37.4 Å². The van der Waals surface area contributed by atoms with E-state index >= 15 is 0 Å². The van der Waals surface area contributed by atoms with E-state index in [4.69, 9.17) is 10.5 Å². The molecule has 2 rings (SSSR count). The van der Waals surface area contributed by atoms with Crippen molar-refractivity contribution in [2.45, 2.75) is 33.2 Å². The molecule has 3 nitrogen and oxygen atoms in total. The molecule has 18 heavy (non-hydrogen) atoms. The quantitative estimate of drug-likeness (QED) is 0.810. The van der Waals surface area contributed by atoms with Gasteiger partial charge in [-0.2, -0.15) is 0 Å². The summed E-state index contributed by atoms with van der Waals surface area (Å²) in [4.78, 5) is 0. The van der Waals surface area contributed by atoms with E-state index in [-0.39, 0.29) is 5.41 Å². The van der Waals surface area contributed by atoms with Gasteiger partial charge in [-0.05, 0) is 35.6 Å². The summed E-state index contributed by atoms with van der Waals surface area (Å²) in [5, 5.41) is 3.52. The molecule has 0 bridgehead atoms. The van der Waals surface area contributed by atoms with Crippen LogP contribution in [0.15, 0.2) is 18.2 Å². The normalized spacial score (nSPS) is 14.4. The van der Waals surface area contributed by atoms with Crippen LogP contribution in [0.2, 0.25) is 0 Å². The Hall–Kier alpha value is -1.06. The summed E-state index contributed by atoms with van der Waals surface area (Å²) in [5.74, 6) is 1.06. The molecule has 0 aromatic heterocycles. The van der Waals surface area contributed by atoms with Crippen molar-refractivity contribution in [1.29, 1.82) is 0 Å². The zero-order valence-corrected chi connectivity index (χ0v) is 11.5. The maximum atomic E-state index is 5.62. The van der Waals surface area contributed by atoms with Gasteiger partial charge in [0.1, 0.15) is 5.75 Å². The van der Waals surface area contributed by atoms with Crippen molar-refractivity contribution in [3.05, 3.63) is 29.3 Å². The first-order valence-corrected chi connectivity index (χ1v) is 6.76. The van der Waals surface area contributed by atoms with Crippen molar-refractivity contribution in [3.63, 3.8) is 0 Å². The van der Waals surface area contributed by atoms with Crippen LogP contribution in [0, 0.1) is 5.41 Å². The third-order valence-corrected chi connectivity index (χ3v) is 3.51. The smallest absolute Gasteiger partial charge is 0.122 e. The van der Waals surface area contributed by atoms with Gasteiger partial charge < -0.3 is 15.8 Å². The highest BCUT2D eigenvalue weighted by Crippen LogP contribution is 2.26. The zero-order chi connectivity index (χ0) is 13.0. The maximum Gasteiger partial charge on any atom is 0.122 e. The van der Waals surface area contributed by atoms with E-state index in [0.29, 0.717) is 0 Å². The standard InChI is InChI=1S/C15H24N2O/c1-15(2,6-7-16)11-17-10-12-3-4-14-13(9-12)5-8-18-14/h3-4,9,17H,5-8,10-11,16H2,1-2H3. The fourth-order valence-electron chi connectivity index (χ4n) is 2.37. The van der Waals surface area contributed by atoms with Gasteiger partial charge in [0.25, 0.3) is 0 Å². The van der Waals surface area contributed by atoms with Gasteiger partial charge >= 0.3 is 0 Å². The summed E-state index contributed by atoms with van der Waals surface area (Å²) < 4.78 is 5.51. The van der Waals surface area contributed by atoms with E-state index in [0.717, 1.165) is 44.8 Å². The minimum absolute atomic E-state index is 0.272. The van der Waals surface area contributed by atoms with E-state index in [1.807, 2.05) is 0 Å². The lowest BCUT2D eigenvalue weighted by Crippen LogP contribution is -2.31. The minimum Gasteiger partial charge on any atom is -0.493 e. The zero-order valence-electron chi connectivity index (χ0n) is 11.5. The number of nitrogens with two attached hydrogens (primary N) is 1. The molecule has 3 N–H and O–H groups in total. The van der Waals surface area contributed by atoms with Gasteiger partial charge in [0.2, 0.25) is 0 Å². The van der Waals surface area contributed by atoms with E-state index in [9.17, 15) is 0 Å². The molecule has 3 heteroatoms. The lowest BCUT2D eigenvalue weighted by atomic mass is 9.89. The summed E-state index contributed by atoms with van der Waals surface area (Å²) in [6.45, 7) is 8.01. The summed E-state index contributed by atoms with van der Waals surface area (Å²) in [5.41, 5.74) is 8.57. The molecule has 0 saturated heterocycles. The van der Waals surface area contributed by atoms with Crippen LogP contribution in [0.3, 0.4) is 0 Å². The second kappa shape index (κ2) is 5.72.